The number of aromatic nitrogens is 2. The second-order valence-electron chi connectivity index (χ2n) is 5.01. The average Bonchev–Trinajstić information content (AvgIpc) is 2.68. The molecule has 1 aromatic carbocycles. The molecule has 2 aromatic rings. The van der Waals surface area contributed by atoms with Crippen molar-refractivity contribution >= 4 is 0 Å². The van der Waals surface area contributed by atoms with Gasteiger partial charge in [-0.2, -0.15) is 5.10 Å². The fraction of sp³-hybridized carbons (Fsp3) is 0.400. The topological polar surface area (TPSA) is 29.9 Å². The van der Waals surface area contributed by atoms with E-state index in [-0.39, 0.29) is 5.82 Å². The van der Waals surface area contributed by atoms with Crippen molar-refractivity contribution in [2.45, 2.75) is 32.9 Å². The molecule has 2 rings (SSSR count). The van der Waals surface area contributed by atoms with Gasteiger partial charge in [0.1, 0.15) is 5.82 Å². The first-order chi connectivity index (χ1) is 9.04. The monoisotopic (exact) mass is 261 g/mol. The van der Waals surface area contributed by atoms with Crippen molar-refractivity contribution in [3.05, 3.63) is 53.1 Å². The van der Waals surface area contributed by atoms with Gasteiger partial charge in [0.2, 0.25) is 0 Å². The summed E-state index contributed by atoms with van der Waals surface area (Å²) in [5, 5.41) is 7.78. The first kappa shape index (κ1) is 13.7. The third-order valence-electron chi connectivity index (χ3n) is 3.19. The van der Waals surface area contributed by atoms with Gasteiger partial charge >= 0.3 is 0 Å². The Morgan fingerprint density at radius 1 is 1.32 bits per heavy atom. The molecule has 3 nitrogen and oxygen atoms in total. The summed E-state index contributed by atoms with van der Waals surface area (Å²) in [6, 6.07) is 9.10. The van der Waals surface area contributed by atoms with Crippen molar-refractivity contribution < 1.29 is 4.39 Å². The number of hydrogen-bond acceptors (Lipinski definition) is 2. The van der Waals surface area contributed by atoms with E-state index in [2.05, 4.69) is 23.4 Å². The normalized spacial score (nSPS) is 12.6. The van der Waals surface area contributed by atoms with Crippen LogP contribution in [-0.4, -0.2) is 15.8 Å². The molecule has 0 amide bonds. The lowest BCUT2D eigenvalue weighted by Gasteiger charge is -2.14. The molecule has 0 aliphatic carbocycles. The largest absolute Gasteiger partial charge is 0.308 e. The first-order valence-electron chi connectivity index (χ1n) is 6.52. The van der Waals surface area contributed by atoms with E-state index in [1.807, 2.05) is 30.8 Å². The lowest BCUT2D eigenvalue weighted by Crippen LogP contribution is -2.28. The summed E-state index contributed by atoms with van der Waals surface area (Å²) in [5.74, 6) is -0.185. The van der Waals surface area contributed by atoms with Crippen LogP contribution in [0, 0.1) is 12.7 Å². The Bertz CT molecular complexity index is 531. The van der Waals surface area contributed by atoms with Crippen LogP contribution in [0.2, 0.25) is 0 Å². The smallest absolute Gasteiger partial charge is 0.123 e. The quantitative estimate of drug-likeness (QED) is 0.896. The molecule has 0 bridgehead atoms. The van der Waals surface area contributed by atoms with Gasteiger partial charge in [0.25, 0.3) is 0 Å². The standard InChI is InChI=1S/C15H20FN3/c1-11(8-13-4-6-14(16)7-5-13)17-10-15-9-12(2)18-19(15)3/h4-7,9,11,17H,8,10H2,1-3H3. The molecule has 19 heavy (non-hydrogen) atoms. The highest BCUT2D eigenvalue weighted by Gasteiger charge is 2.06. The predicted octanol–water partition coefficient (Wildman–Crippen LogP) is 2.59. The third kappa shape index (κ3) is 3.89. The zero-order valence-electron chi connectivity index (χ0n) is 11.7. The molecule has 1 unspecified atom stereocenters. The highest BCUT2D eigenvalue weighted by molar-refractivity contribution is 5.17. The van der Waals surface area contributed by atoms with E-state index >= 15 is 0 Å². The molecule has 0 spiro atoms. The first-order valence-corrected chi connectivity index (χ1v) is 6.52. The average molecular weight is 261 g/mol. The maximum Gasteiger partial charge on any atom is 0.123 e. The minimum Gasteiger partial charge on any atom is -0.308 e. The Labute approximate surface area is 113 Å². The number of aryl methyl sites for hydroxylation is 2. The SMILES string of the molecule is Cc1cc(CNC(C)Cc2ccc(F)cc2)n(C)n1. The Balaban J connectivity index is 1.86. The van der Waals surface area contributed by atoms with Crippen LogP contribution in [0.4, 0.5) is 4.39 Å². The molecular weight excluding hydrogens is 241 g/mol. The minimum absolute atomic E-state index is 0.185. The number of rotatable bonds is 5. The molecule has 0 aliphatic rings. The molecule has 102 valence electrons. The number of halogens is 1. The Morgan fingerprint density at radius 2 is 2.00 bits per heavy atom. The van der Waals surface area contributed by atoms with E-state index in [4.69, 9.17) is 0 Å². The van der Waals surface area contributed by atoms with Crippen molar-refractivity contribution in [3.63, 3.8) is 0 Å². The zero-order chi connectivity index (χ0) is 13.8. The zero-order valence-corrected chi connectivity index (χ0v) is 11.7. The molecule has 1 heterocycles. The van der Waals surface area contributed by atoms with Gasteiger partial charge in [0.15, 0.2) is 0 Å². The van der Waals surface area contributed by atoms with Gasteiger partial charge in [0.05, 0.1) is 11.4 Å². The van der Waals surface area contributed by atoms with Gasteiger partial charge in [-0.3, -0.25) is 4.68 Å². The summed E-state index contributed by atoms with van der Waals surface area (Å²) >= 11 is 0. The summed E-state index contributed by atoms with van der Waals surface area (Å²) in [4.78, 5) is 0. The van der Waals surface area contributed by atoms with Crippen LogP contribution in [0.5, 0.6) is 0 Å². The van der Waals surface area contributed by atoms with Gasteiger partial charge < -0.3 is 5.32 Å². The van der Waals surface area contributed by atoms with Crippen LogP contribution in [0.3, 0.4) is 0 Å². The van der Waals surface area contributed by atoms with Crippen molar-refractivity contribution in [1.29, 1.82) is 0 Å². The predicted molar refractivity (Wildman–Crippen MR) is 74.4 cm³/mol. The number of benzene rings is 1. The lowest BCUT2D eigenvalue weighted by molar-refractivity contribution is 0.525. The number of hydrogen-bond donors (Lipinski definition) is 1. The maximum atomic E-state index is 12.8. The molecule has 1 N–H and O–H groups in total. The van der Waals surface area contributed by atoms with Gasteiger partial charge in [-0.15, -0.1) is 0 Å². The fourth-order valence-electron chi connectivity index (χ4n) is 2.15. The summed E-state index contributed by atoms with van der Waals surface area (Å²) in [5.41, 5.74) is 3.34. The molecule has 1 atom stereocenters. The van der Waals surface area contributed by atoms with Crippen molar-refractivity contribution in [2.24, 2.45) is 7.05 Å². The van der Waals surface area contributed by atoms with Crippen LogP contribution >= 0.6 is 0 Å². The van der Waals surface area contributed by atoms with E-state index in [0.717, 1.165) is 24.2 Å². The van der Waals surface area contributed by atoms with E-state index in [1.54, 1.807) is 0 Å². The van der Waals surface area contributed by atoms with Crippen LogP contribution in [0.1, 0.15) is 23.9 Å². The van der Waals surface area contributed by atoms with Crippen LogP contribution in [0.25, 0.3) is 0 Å². The van der Waals surface area contributed by atoms with Crippen molar-refractivity contribution in [1.82, 2.24) is 15.1 Å². The van der Waals surface area contributed by atoms with E-state index < -0.39 is 0 Å². The molecule has 1 aromatic heterocycles. The number of nitrogens with zero attached hydrogens (tertiary/aromatic N) is 2. The minimum atomic E-state index is -0.185. The third-order valence-corrected chi connectivity index (χ3v) is 3.19. The summed E-state index contributed by atoms with van der Waals surface area (Å²) in [6.07, 6.45) is 0.886. The molecular formula is C15H20FN3. The van der Waals surface area contributed by atoms with Gasteiger partial charge in [-0.25, -0.2) is 4.39 Å². The second kappa shape index (κ2) is 5.97. The Morgan fingerprint density at radius 3 is 2.58 bits per heavy atom. The number of nitrogens with one attached hydrogen (secondary N) is 1. The summed E-state index contributed by atoms with van der Waals surface area (Å²) in [6.45, 7) is 4.91. The van der Waals surface area contributed by atoms with Crippen molar-refractivity contribution in [3.8, 4) is 0 Å². The molecule has 0 fully saturated rings. The molecule has 0 aliphatic heterocycles. The lowest BCUT2D eigenvalue weighted by atomic mass is 10.1. The summed E-state index contributed by atoms with van der Waals surface area (Å²) < 4.78 is 14.7. The molecule has 4 heteroatoms. The van der Waals surface area contributed by atoms with Crippen LogP contribution < -0.4 is 5.32 Å². The van der Waals surface area contributed by atoms with E-state index in [1.165, 1.54) is 17.8 Å². The Kier molecular flexibility index (Phi) is 4.32. The van der Waals surface area contributed by atoms with Gasteiger partial charge in [0, 0.05) is 19.6 Å². The summed E-state index contributed by atoms with van der Waals surface area (Å²) in [7, 11) is 1.95. The molecule has 0 saturated heterocycles. The maximum absolute atomic E-state index is 12.8. The van der Waals surface area contributed by atoms with Gasteiger partial charge in [-0.05, 0) is 44.0 Å². The highest BCUT2D eigenvalue weighted by atomic mass is 19.1. The van der Waals surface area contributed by atoms with Crippen LogP contribution in [0.15, 0.2) is 30.3 Å². The molecule has 0 saturated carbocycles. The van der Waals surface area contributed by atoms with Crippen molar-refractivity contribution in [2.75, 3.05) is 0 Å². The second-order valence-corrected chi connectivity index (χ2v) is 5.01. The fourth-order valence-corrected chi connectivity index (χ4v) is 2.15. The van der Waals surface area contributed by atoms with E-state index in [0.29, 0.717) is 6.04 Å². The van der Waals surface area contributed by atoms with E-state index in [9.17, 15) is 4.39 Å². The highest BCUT2D eigenvalue weighted by Crippen LogP contribution is 2.07. The van der Waals surface area contributed by atoms with Crippen LogP contribution in [-0.2, 0) is 20.0 Å². The molecule has 0 radical (unpaired) electrons. The van der Waals surface area contributed by atoms with Gasteiger partial charge in [-0.1, -0.05) is 12.1 Å². The Hall–Kier alpha value is -1.68.